The van der Waals surface area contributed by atoms with E-state index < -0.39 is 113 Å². The Morgan fingerprint density at radius 3 is 2.40 bits per heavy atom. The van der Waals surface area contributed by atoms with Gasteiger partial charge in [0.15, 0.2) is 11.5 Å². The standard InChI is InChI=1S/C27H28F4N4O8/c1-10-20(37)14(9-13-16(28)17(29)23(31)35-22(13)30)33-24(38)18(34-25(39)19-15(36)7-4-8-32-19)11(2)42-27(41)21(43-26(10)40)12-5-3-6-12/h4,7-8,10-12,14,18,20-21,36-37H,3,5-6,9H2,1-2H3,(H,33,38)(H,34,39). The normalized spacial score (nSPS) is 27.1. The van der Waals surface area contributed by atoms with Crippen molar-refractivity contribution in [1.29, 1.82) is 0 Å². The number of carbonyl (C=O) groups is 4. The Kier molecular flexibility index (Phi) is 9.47. The number of hydrogen-bond donors (Lipinski definition) is 4. The number of ether oxygens (including phenoxy) is 2. The smallest absolute Gasteiger partial charge is 0.348 e. The number of halogens is 4. The van der Waals surface area contributed by atoms with Crippen LogP contribution in [-0.4, -0.2) is 74.3 Å². The minimum atomic E-state index is -2.11. The molecular weight excluding hydrogens is 584 g/mol. The topological polar surface area (TPSA) is 177 Å². The molecule has 2 fully saturated rings. The van der Waals surface area contributed by atoms with Gasteiger partial charge in [0.05, 0.1) is 18.1 Å². The van der Waals surface area contributed by atoms with Gasteiger partial charge in [-0.05, 0) is 38.8 Å². The first-order valence-electron chi connectivity index (χ1n) is 13.3. The van der Waals surface area contributed by atoms with Gasteiger partial charge in [0, 0.05) is 24.1 Å². The molecule has 2 aromatic heterocycles. The third-order valence-electron chi connectivity index (χ3n) is 7.53. The van der Waals surface area contributed by atoms with Crippen molar-refractivity contribution < 1.29 is 56.4 Å². The number of aliphatic hydroxyl groups excluding tert-OH is 1. The summed E-state index contributed by atoms with van der Waals surface area (Å²) < 4.78 is 67.2. The molecule has 4 rings (SSSR count). The molecule has 2 aromatic rings. The Morgan fingerprint density at radius 2 is 1.77 bits per heavy atom. The number of aliphatic hydroxyl groups is 1. The summed E-state index contributed by atoms with van der Waals surface area (Å²) in [5.74, 6) is -14.8. The van der Waals surface area contributed by atoms with Crippen LogP contribution in [0, 0.1) is 35.4 Å². The number of aromatic hydroxyl groups is 1. The Bertz CT molecular complexity index is 1430. The van der Waals surface area contributed by atoms with E-state index in [1.165, 1.54) is 19.2 Å². The summed E-state index contributed by atoms with van der Waals surface area (Å²) in [5, 5.41) is 25.6. The Balaban J connectivity index is 1.73. The van der Waals surface area contributed by atoms with E-state index in [2.05, 4.69) is 20.6 Å². The van der Waals surface area contributed by atoms with Gasteiger partial charge in [-0.15, -0.1) is 0 Å². The number of nitrogens with one attached hydrogen (secondary N) is 2. The highest BCUT2D eigenvalue weighted by atomic mass is 19.2. The lowest BCUT2D eigenvalue weighted by Gasteiger charge is -2.36. The monoisotopic (exact) mass is 612 g/mol. The van der Waals surface area contributed by atoms with Crippen molar-refractivity contribution in [2.24, 2.45) is 11.8 Å². The Labute approximate surface area is 241 Å². The van der Waals surface area contributed by atoms with Crippen molar-refractivity contribution in [1.82, 2.24) is 20.6 Å². The lowest BCUT2D eigenvalue weighted by molar-refractivity contribution is -0.183. The summed E-state index contributed by atoms with van der Waals surface area (Å²) in [5.41, 5.74) is -1.65. The first-order valence-corrected chi connectivity index (χ1v) is 13.3. The minimum absolute atomic E-state index is 0.435. The molecule has 1 saturated heterocycles. The molecule has 2 amide bonds. The molecule has 1 aliphatic heterocycles. The number of rotatable bonds is 5. The summed E-state index contributed by atoms with van der Waals surface area (Å²) in [6, 6.07) is -1.06. The maximum absolute atomic E-state index is 14.6. The molecule has 16 heteroatoms. The molecule has 0 spiro atoms. The van der Waals surface area contributed by atoms with E-state index in [4.69, 9.17) is 9.47 Å². The van der Waals surface area contributed by atoms with E-state index in [9.17, 15) is 47.0 Å². The second-order valence-corrected chi connectivity index (χ2v) is 10.4. The fraction of sp³-hybridized carbons (Fsp3) is 0.481. The molecule has 0 aromatic carbocycles. The SMILES string of the molecule is CC1OC(=O)C(C2CCC2)OC(=O)C(C)C(O)C(Cc2c(F)nc(F)c(F)c2F)NC(=O)C1NC(=O)c1ncccc1O. The molecule has 4 N–H and O–H groups in total. The highest BCUT2D eigenvalue weighted by Gasteiger charge is 2.44. The highest BCUT2D eigenvalue weighted by Crippen LogP contribution is 2.33. The number of cyclic esters (lactones) is 2. The van der Waals surface area contributed by atoms with Crippen LogP contribution < -0.4 is 10.6 Å². The number of esters is 2. The van der Waals surface area contributed by atoms with Gasteiger partial charge in [-0.2, -0.15) is 18.2 Å². The van der Waals surface area contributed by atoms with Crippen LogP contribution in [-0.2, 0) is 30.3 Å². The van der Waals surface area contributed by atoms with Crippen LogP contribution in [0.3, 0.4) is 0 Å². The Hall–Kier alpha value is -4.34. The van der Waals surface area contributed by atoms with Crippen LogP contribution in [0.5, 0.6) is 5.75 Å². The molecule has 6 atom stereocenters. The molecule has 2 aliphatic rings. The van der Waals surface area contributed by atoms with Gasteiger partial charge in [0.25, 0.3) is 11.9 Å². The summed E-state index contributed by atoms with van der Waals surface area (Å²) in [7, 11) is 0. The summed E-state index contributed by atoms with van der Waals surface area (Å²) >= 11 is 0. The lowest BCUT2D eigenvalue weighted by Crippen LogP contribution is -2.59. The third kappa shape index (κ3) is 6.68. The van der Waals surface area contributed by atoms with Crippen molar-refractivity contribution in [3.8, 4) is 5.75 Å². The van der Waals surface area contributed by atoms with E-state index in [0.717, 1.165) is 19.4 Å². The number of nitrogens with zero attached hydrogens (tertiary/aromatic N) is 2. The second-order valence-electron chi connectivity index (χ2n) is 10.4. The maximum atomic E-state index is 14.6. The molecule has 12 nitrogen and oxygen atoms in total. The minimum Gasteiger partial charge on any atom is -0.505 e. The zero-order valence-electron chi connectivity index (χ0n) is 22.9. The molecular formula is C27H28F4N4O8. The van der Waals surface area contributed by atoms with Gasteiger partial charge >= 0.3 is 11.9 Å². The zero-order valence-corrected chi connectivity index (χ0v) is 22.9. The van der Waals surface area contributed by atoms with Gasteiger partial charge in [-0.1, -0.05) is 6.42 Å². The van der Waals surface area contributed by atoms with E-state index in [0.29, 0.717) is 12.8 Å². The van der Waals surface area contributed by atoms with Crippen molar-refractivity contribution in [2.75, 3.05) is 0 Å². The summed E-state index contributed by atoms with van der Waals surface area (Å²) in [6.07, 6.45) is -2.98. The van der Waals surface area contributed by atoms with Gasteiger partial charge < -0.3 is 30.3 Å². The van der Waals surface area contributed by atoms with Crippen LogP contribution in [0.15, 0.2) is 18.3 Å². The quantitative estimate of drug-likeness (QED) is 0.218. The second kappa shape index (κ2) is 12.9. The van der Waals surface area contributed by atoms with Gasteiger partial charge in [-0.3, -0.25) is 14.4 Å². The average Bonchev–Trinajstić information content (AvgIpc) is 2.93. The number of hydrogen-bond acceptors (Lipinski definition) is 10. The number of pyridine rings is 2. The molecule has 0 bridgehead atoms. The highest BCUT2D eigenvalue weighted by molar-refractivity contribution is 5.98. The molecule has 0 radical (unpaired) electrons. The first kappa shape index (κ1) is 31.6. The van der Waals surface area contributed by atoms with Crippen LogP contribution in [0.4, 0.5) is 17.6 Å². The summed E-state index contributed by atoms with van der Waals surface area (Å²) in [6.45, 7) is 2.38. The number of carbonyl (C=O) groups excluding carboxylic acids is 4. The van der Waals surface area contributed by atoms with Gasteiger partial charge in [0.1, 0.15) is 17.9 Å². The first-order chi connectivity index (χ1) is 20.3. The summed E-state index contributed by atoms with van der Waals surface area (Å²) in [4.78, 5) is 59.0. The fourth-order valence-corrected chi connectivity index (χ4v) is 4.74. The van der Waals surface area contributed by atoms with Crippen molar-refractivity contribution >= 4 is 23.8 Å². The predicted molar refractivity (Wildman–Crippen MR) is 135 cm³/mol. The van der Waals surface area contributed by atoms with Crippen LogP contribution >= 0.6 is 0 Å². The number of amides is 2. The van der Waals surface area contributed by atoms with Gasteiger partial charge in [-0.25, -0.2) is 14.2 Å². The largest absolute Gasteiger partial charge is 0.505 e. The number of aromatic nitrogens is 2. The maximum Gasteiger partial charge on any atom is 0.348 e. The van der Waals surface area contributed by atoms with Crippen LogP contribution in [0.25, 0.3) is 0 Å². The van der Waals surface area contributed by atoms with Crippen molar-refractivity contribution in [2.45, 2.75) is 69.9 Å². The fourth-order valence-electron chi connectivity index (χ4n) is 4.74. The van der Waals surface area contributed by atoms with E-state index >= 15 is 0 Å². The van der Waals surface area contributed by atoms with Crippen molar-refractivity contribution in [3.63, 3.8) is 0 Å². The lowest BCUT2D eigenvalue weighted by atomic mass is 9.81. The molecule has 1 aliphatic carbocycles. The predicted octanol–water partition coefficient (Wildman–Crippen LogP) is 1.22. The van der Waals surface area contributed by atoms with E-state index in [-0.39, 0.29) is 0 Å². The molecule has 3 heterocycles. The van der Waals surface area contributed by atoms with Crippen LogP contribution in [0.2, 0.25) is 0 Å². The molecule has 1 saturated carbocycles. The van der Waals surface area contributed by atoms with E-state index in [1.54, 1.807) is 0 Å². The van der Waals surface area contributed by atoms with E-state index in [1.807, 2.05) is 0 Å². The average molecular weight is 613 g/mol. The molecule has 232 valence electrons. The molecule has 6 unspecified atom stereocenters. The third-order valence-corrected chi connectivity index (χ3v) is 7.53. The van der Waals surface area contributed by atoms with Gasteiger partial charge in [0.2, 0.25) is 23.8 Å². The zero-order chi connectivity index (χ0) is 31.6. The van der Waals surface area contributed by atoms with Crippen molar-refractivity contribution in [3.05, 3.63) is 53.1 Å². The Morgan fingerprint density at radius 1 is 1.07 bits per heavy atom. The molecule has 43 heavy (non-hydrogen) atoms. The van der Waals surface area contributed by atoms with Crippen LogP contribution in [0.1, 0.15) is 49.2 Å².